The number of para-hydroxylation sites is 1. The molecule has 138 valence electrons. The maximum absolute atomic E-state index is 12.1. The summed E-state index contributed by atoms with van der Waals surface area (Å²) in [5.74, 6) is 1.57. The van der Waals surface area contributed by atoms with Crippen LogP contribution in [-0.2, 0) is 9.53 Å². The largest absolute Gasteiger partial charge is 0.496 e. The summed E-state index contributed by atoms with van der Waals surface area (Å²) in [6.45, 7) is 0. The molecule has 6 heteroatoms. The molecule has 6 nitrogen and oxygen atoms in total. The normalized spacial score (nSPS) is 15.0. The summed E-state index contributed by atoms with van der Waals surface area (Å²) in [5.41, 5.74) is 1.73. The molecule has 0 aromatic heterocycles. The summed E-state index contributed by atoms with van der Waals surface area (Å²) >= 11 is 0. The van der Waals surface area contributed by atoms with Gasteiger partial charge < -0.3 is 18.9 Å². The summed E-state index contributed by atoms with van der Waals surface area (Å²) in [5, 5.41) is 0. The Morgan fingerprint density at radius 2 is 1.67 bits per heavy atom. The van der Waals surface area contributed by atoms with E-state index in [9.17, 15) is 4.79 Å². The van der Waals surface area contributed by atoms with E-state index in [0.29, 0.717) is 17.1 Å². The number of esters is 1. The maximum Gasteiger partial charge on any atom is 0.363 e. The first-order chi connectivity index (χ1) is 13.2. The smallest absolute Gasteiger partial charge is 0.363 e. The van der Waals surface area contributed by atoms with Crippen LogP contribution in [0.2, 0.25) is 0 Å². The van der Waals surface area contributed by atoms with Crippen LogP contribution < -0.4 is 14.2 Å². The van der Waals surface area contributed by atoms with E-state index in [0.717, 1.165) is 11.3 Å². The number of carbonyl (C=O) groups is 1. The highest BCUT2D eigenvalue weighted by Crippen LogP contribution is 2.29. The van der Waals surface area contributed by atoms with Crippen molar-refractivity contribution < 1.29 is 23.7 Å². The van der Waals surface area contributed by atoms with E-state index in [2.05, 4.69) is 4.99 Å². The third-order valence-corrected chi connectivity index (χ3v) is 3.92. The highest BCUT2D eigenvalue weighted by atomic mass is 16.6. The van der Waals surface area contributed by atoms with Crippen LogP contribution in [0.25, 0.3) is 6.08 Å². The predicted molar refractivity (Wildman–Crippen MR) is 102 cm³/mol. The molecule has 0 amide bonds. The minimum absolute atomic E-state index is 0.214. The number of allylic oxidation sites excluding steroid dienone is 2. The fourth-order valence-corrected chi connectivity index (χ4v) is 2.56. The summed E-state index contributed by atoms with van der Waals surface area (Å²) < 4.78 is 21.0. The number of ether oxygens (including phenoxy) is 4. The fourth-order valence-electron chi connectivity index (χ4n) is 2.56. The van der Waals surface area contributed by atoms with Crippen molar-refractivity contribution in [3.63, 3.8) is 0 Å². The Hall–Kier alpha value is -3.54. The van der Waals surface area contributed by atoms with Crippen LogP contribution in [0.15, 0.2) is 65.3 Å². The number of benzene rings is 2. The second-order valence-corrected chi connectivity index (χ2v) is 5.53. The quantitative estimate of drug-likeness (QED) is 0.578. The topological polar surface area (TPSA) is 66.3 Å². The van der Waals surface area contributed by atoms with Crippen LogP contribution in [0.4, 0.5) is 0 Å². The number of hydrogen-bond donors (Lipinski definition) is 0. The van der Waals surface area contributed by atoms with Gasteiger partial charge in [-0.3, -0.25) is 0 Å². The Morgan fingerprint density at radius 1 is 0.926 bits per heavy atom. The van der Waals surface area contributed by atoms with Crippen LogP contribution in [0.5, 0.6) is 17.2 Å². The first-order valence-corrected chi connectivity index (χ1v) is 8.21. The van der Waals surface area contributed by atoms with Gasteiger partial charge in [-0.05, 0) is 30.3 Å². The second-order valence-electron chi connectivity index (χ2n) is 5.53. The molecule has 0 unspecified atom stereocenters. The maximum atomic E-state index is 12.1. The van der Waals surface area contributed by atoms with Gasteiger partial charge in [0.2, 0.25) is 5.90 Å². The molecule has 27 heavy (non-hydrogen) atoms. The van der Waals surface area contributed by atoms with E-state index in [1.807, 2.05) is 30.3 Å². The van der Waals surface area contributed by atoms with Crippen molar-refractivity contribution in [3.05, 3.63) is 71.4 Å². The monoisotopic (exact) mass is 365 g/mol. The standard InChI is InChI=1S/C21H19NO5/c1-24-17-10-5-4-7-14(17)8-6-9-16-21(23)27-20(22-16)15-11-12-18(25-2)19(13-15)26-3/h4-13H,1-3H3/b8-6+,16-9+. The zero-order valence-electron chi connectivity index (χ0n) is 15.3. The van der Waals surface area contributed by atoms with Crippen molar-refractivity contribution in [3.8, 4) is 17.2 Å². The molecule has 0 spiro atoms. The lowest BCUT2D eigenvalue weighted by Gasteiger charge is -2.08. The van der Waals surface area contributed by atoms with E-state index in [4.69, 9.17) is 18.9 Å². The van der Waals surface area contributed by atoms with Crippen molar-refractivity contribution >= 4 is 17.9 Å². The lowest BCUT2D eigenvalue weighted by Crippen LogP contribution is -2.05. The van der Waals surface area contributed by atoms with Gasteiger partial charge in [0, 0.05) is 11.1 Å². The number of aliphatic imine (C=N–C) groups is 1. The van der Waals surface area contributed by atoms with Crippen molar-refractivity contribution in [1.29, 1.82) is 0 Å². The van der Waals surface area contributed by atoms with E-state index in [1.54, 1.807) is 44.6 Å². The van der Waals surface area contributed by atoms with Gasteiger partial charge in [-0.1, -0.05) is 30.4 Å². The molecule has 0 aliphatic carbocycles. The van der Waals surface area contributed by atoms with Crippen LogP contribution in [0, 0.1) is 0 Å². The number of hydrogen-bond acceptors (Lipinski definition) is 6. The lowest BCUT2D eigenvalue weighted by molar-refractivity contribution is -0.130. The minimum atomic E-state index is -0.510. The molecular formula is C21H19NO5. The molecule has 0 saturated carbocycles. The van der Waals surface area contributed by atoms with Gasteiger partial charge in [-0.15, -0.1) is 0 Å². The van der Waals surface area contributed by atoms with Crippen LogP contribution in [-0.4, -0.2) is 33.2 Å². The van der Waals surface area contributed by atoms with Crippen LogP contribution in [0.3, 0.4) is 0 Å². The summed E-state index contributed by atoms with van der Waals surface area (Å²) in [6, 6.07) is 12.8. The Morgan fingerprint density at radius 3 is 2.41 bits per heavy atom. The van der Waals surface area contributed by atoms with E-state index in [1.165, 1.54) is 7.11 Å². The molecule has 3 rings (SSSR count). The third kappa shape index (κ3) is 4.00. The van der Waals surface area contributed by atoms with Crippen molar-refractivity contribution in [2.24, 2.45) is 4.99 Å². The molecule has 1 aliphatic rings. The van der Waals surface area contributed by atoms with Crippen LogP contribution in [0.1, 0.15) is 11.1 Å². The molecule has 1 aliphatic heterocycles. The van der Waals surface area contributed by atoms with Gasteiger partial charge >= 0.3 is 5.97 Å². The van der Waals surface area contributed by atoms with Gasteiger partial charge in [0.05, 0.1) is 21.3 Å². The van der Waals surface area contributed by atoms with Gasteiger partial charge in [-0.2, -0.15) is 0 Å². The molecular weight excluding hydrogens is 346 g/mol. The minimum Gasteiger partial charge on any atom is -0.496 e. The lowest BCUT2D eigenvalue weighted by atomic mass is 10.2. The zero-order valence-corrected chi connectivity index (χ0v) is 15.3. The summed E-state index contributed by atoms with van der Waals surface area (Å²) in [6.07, 6.45) is 5.17. The average molecular weight is 365 g/mol. The Bertz CT molecular complexity index is 943. The van der Waals surface area contributed by atoms with Crippen molar-refractivity contribution in [2.75, 3.05) is 21.3 Å². The number of cyclic esters (lactones) is 1. The predicted octanol–water partition coefficient (Wildman–Crippen LogP) is 3.61. The number of methoxy groups -OCH3 is 3. The fraction of sp³-hybridized carbons (Fsp3) is 0.143. The molecule has 0 bridgehead atoms. The van der Waals surface area contributed by atoms with Gasteiger partial charge in [-0.25, -0.2) is 9.79 Å². The number of rotatable bonds is 6. The second kappa shape index (κ2) is 8.23. The molecule has 0 radical (unpaired) electrons. The molecule has 1 heterocycles. The van der Waals surface area contributed by atoms with E-state index < -0.39 is 5.97 Å². The van der Waals surface area contributed by atoms with Gasteiger partial charge in [0.15, 0.2) is 17.2 Å². The number of nitrogens with zero attached hydrogens (tertiary/aromatic N) is 1. The van der Waals surface area contributed by atoms with E-state index >= 15 is 0 Å². The SMILES string of the molecule is COc1ccccc1/C=C/C=C1/N=C(c2ccc(OC)c(OC)c2)OC1=O. The van der Waals surface area contributed by atoms with Crippen molar-refractivity contribution in [2.45, 2.75) is 0 Å². The zero-order chi connectivity index (χ0) is 19.2. The molecule has 0 N–H and O–H groups in total. The molecule has 0 saturated heterocycles. The molecule has 2 aromatic carbocycles. The van der Waals surface area contributed by atoms with Gasteiger partial charge in [0.1, 0.15) is 5.75 Å². The third-order valence-electron chi connectivity index (χ3n) is 3.92. The average Bonchev–Trinajstić information content (AvgIpc) is 3.08. The van der Waals surface area contributed by atoms with Gasteiger partial charge in [0.25, 0.3) is 0 Å². The summed E-state index contributed by atoms with van der Waals surface area (Å²) in [7, 11) is 4.71. The number of carbonyl (C=O) groups excluding carboxylic acids is 1. The Labute approximate surface area is 157 Å². The van der Waals surface area contributed by atoms with Crippen molar-refractivity contribution in [1.82, 2.24) is 0 Å². The first kappa shape index (κ1) is 18.3. The Balaban J connectivity index is 1.84. The highest BCUT2D eigenvalue weighted by Gasteiger charge is 2.24. The first-order valence-electron chi connectivity index (χ1n) is 8.21. The molecule has 0 atom stereocenters. The Kier molecular flexibility index (Phi) is 5.56. The molecule has 2 aromatic rings. The van der Waals surface area contributed by atoms with E-state index in [-0.39, 0.29) is 11.6 Å². The molecule has 0 fully saturated rings. The highest BCUT2D eigenvalue weighted by molar-refractivity contribution is 6.11. The summed E-state index contributed by atoms with van der Waals surface area (Å²) in [4.78, 5) is 16.4. The van der Waals surface area contributed by atoms with Crippen LogP contribution >= 0.6 is 0 Å².